The molecule has 0 bridgehead atoms. The molecule has 2 N–H and O–H groups in total. The third-order valence-corrected chi connectivity index (χ3v) is 2.36. The predicted molar refractivity (Wildman–Crippen MR) is 61.0 cm³/mol. The first-order chi connectivity index (χ1) is 6.50. The Labute approximate surface area is 89.1 Å². The Kier molecular flexibility index (Phi) is 3.58. The van der Waals surface area contributed by atoms with Gasteiger partial charge in [-0.1, -0.05) is 31.3 Å². The van der Waals surface area contributed by atoms with E-state index in [0.29, 0.717) is 17.0 Å². The van der Waals surface area contributed by atoms with Crippen molar-refractivity contribution in [2.75, 3.05) is 0 Å². The molecule has 1 unspecified atom stereocenters. The van der Waals surface area contributed by atoms with Crippen LogP contribution < -0.4 is 5.73 Å². The fraction of sp³-hybridized carbons (Fsp3) is 0.364. The molecule has 0 saturated heterocycles. The first-order valence-electron chi connectivity index (χ1n) is 4.55. The second kappa shape index (κ2) is 4.51. The number of thiocarbonyl (C=S) groups is 1. The topological polar surface area (TPSA) is 26.0 Å². The van der Waals surface area contributed by atoms with E-state index in [2.05, 4.69) is 0 Å². The standard InChI is InChI=1S/C11H14FNS/c1-7-3-4-9(10(12)5-7)8(2)6-11(13)14/h3-5,8H,6H2,1-2H3,(H2,13,14). The molecular weight excluding hydrogens is 197 g/mol. The normalized spacial score (nSPS) is 12.5. The van der Waals surface area contributed by atoms with Gasteiger partial charge < -0.3 is 5.73 Å². The van der Waals surface area contributed by atoms with Crippen LogP contribution in [0.2, 0.25) is 0 Å². The van der Waals surface area contributed by atoms with Gasteiger partial charge in [0.05, 0.1) is 4.99 Å². The summed E-state index contributed by atoms with van der Waals surface area (Å²) in [5.41, 5.74) is 7.03. The first kappa shape index (κ1) is 11.1. The molecule has 0 aliphatic rings. The summed E-state index contributed by atoms with van der Waals surface area (Å²) < 4.78 is 13.5. The fourth-order valence-corrected chi connectivity index (χ4v) is 1.69. The Hall–Kier alpha value is -0.960. The van der Waals surface area contributed by atoms with Gasteiger partial charge in [-0.05, 0) is 30.0 Å². The van der Waals surface area contributed by atoms with E-state index in [-0.39, 0.29) is 11.7 Å². The lowest BCUT2D eigenvalue weighted by molar-refractivity contribution is 0.592. The summed E-state index contributed by atoms with van der Waals surface area (Å²) in [6.07, 6.45) is 0.551. The largest absolute Gasteiger partial charge is 0.393 e. The maximum atomic E-state index is 13.5. The zero-order valence-corrected chi connectivity index (χ0v) is 9.20. The molecule has 1 nitrogen and oxygen atoms in total. The van der Waals surface area contributed by atoms with Gasteiger partial charge in [-0.25, -0.2) is 4.39 Å². The molecule has 1 rings (SSSR count). The molecule has 1 aromatic carbocycles. The number of hydrogen-bond acceptors (Lipinski definition) is 1. The summed E-state index contributed by atoms with van der Waals surface area (Å²) in [6, 6.07) is 5.23. The fourth-order valence-electron chi connectivity index (χ4n) is 1.44. The van der Waals surface area contributed by atoms with Crippen molar-refractivity contribution in [3.8, 4) is 0 Å². The Morgan fingerprint density at radius 2 is 2.21 bits per heavy atom. The van der Waals surface area contributed by atoms with E-state index in [1.807, 2.05) is 19.9 Å². The molecule has 0 saturated carbocycles. The first-order valence-corrected chi connectivity index (χ1v) is 4.96. The Bertz CT molecular complexity index is 349. The lowest BCUT2D eigenvalue weighted by Gasteiger charge is -2.12. The molecule has 0 aromatic heterocycles. The Balaban J connectivity index is 2.90. The van der Waals surface area contributed by atoms with Gasteiger partial charge in [0.1, 0.15) is 5.82 Å². The van der Waals surface area contributed by atoms with Crippen molar-refractivity contribution in [3.05, 3.63) is 35.1 Å². The van der Waals surface area contributed by atoms with Gasteiger partial charge in [-0.2, -0.15) is 0 Å². The van der Waals surface area contributed by atoms with E-state index >= 15 is 0 Å². The van der Waals surface area contributed by atoms with Gasteiger partial charge in [0, 0.05) is 6.42 Å². The number of aryl methyl sites for hydroxylation is 1. The summed E-state index contributed by atoms with van der Waals surface area (Å²) in [4.78, 5) is 0.428. The van der Waals surface area contributed by atoms with Crippen molar-refractivity contribution in [3.63, 3.8) is 0 Å². The number of nitrogens with two attached hydrogens (primary N) is 1. The highest BCUT2D eigenvalue weighted by molar-refractivity contribution is 7.80. The molecule has 0 aliphatic heterocycles. The van der Waals surface area contributed by atoms with E-state index in [1.54, 1.807) is 6.07 Å². The van der Waals surface area contributed by atoms with Crippen LogP contribution in [0.1, 0.15) is 30.4 Å². The minimum atomic E-state index is -0.172. The number of halogens is 1. The molecule has 0 aliphatic carbocycles. The smallest absolute Gasteiger partial charge is 0.126 e. The van der Waals surface area contributed by atoms with Crippen LogP contribution >= 0.6 is 12.2 Å². The third-order valence-electron chi connectivity index (χ3n) is 2.19. The minimum Gasteiger partial charge on any atom is -0.393 e. The number of benzene rings is 1. The van der Waals surface area contributed by atoms with Crippen LogP contribution in [0.25, 0.3) is 0 Å². The highest BCUT2D eigenvalue weighted by Crippen LogP contribution is 2.22. The maximum Gasteiger partial charge on any atom is 0.126 e. The third kappa shape index (κ3) is 2.77. The molecule has 0 amide bonds. The average Bonchev–Trinajstić information content (AvgIpc) is 2.01. The molecule has 14 heavy (non-hydrogen) atoms. The van der Waals surface area contributed by atoms with E-state index < -0.39 is 0 Å². The van der Waals surface area contributed by atoms with Gasteiger partial charge in [0.2, 0.25) is 0 Å². The summed E-state index contributed by atoms with van der Waals surface area (Å²) in [7, 11) is 0. The van der Waals surface area contributed by atoms with Gasteiger partial charge in [-0.15, -0.1) is 0 Å². The molecule has 1 aromatic rings. The SMILES string of the molecule is Cc1ccc(C(C)CC(N)=S)c(F)c1. The Morgan fingerprint density at radius 3 is 2.71 bits per heavy atom. The zero-order chi connectivity index (χ0) is 10.7. The monoisotopic (exact) mass is 211 g/mol. The van der Waals surface area contributed by atoms with Crippen molar-refractivity contribution in [1.29, 1.82) is 0 Å². The van der Waals surface area contributed by atoms with Crippen molar-refractivity contribution in [2.24, 2.45) is 5.73 Å². The molecule has 3 heteroatoms. The van der Waals surface area contributed by atoms with Crippen LogP contribution in [0.4, 0.5) is 4.39 Å². The van der Waals surface area contributed by atoms with Gasteiger partial charge in [0.25, 0.3) is 0 Å². The molecule has 0 spiro atoms. The van der Waals surface area contributed by atoms with Crippen molar-refractivity contribution >= 4 is 17.2 Å². The molecule has 0 heterocycles. The summed E-state index contributed by atoms with van der Waals surface area (Å²) in [5, 5.41) is 0. The Morgan fingerprint density at radius 1 is 1.57 bits per heavy atom. The highest BCUT2D eigenvalue weighted by atomic mass is 32.1. The van der Waals surface area contributed by atoms with E-state index in [4.69, 9.17) is 18.0 Å². The van der Waals surface area contributed by atoms with Crippen LogP contribution in [0.15, 0.2) is 18.2 Å². The van der Waals surface area contributed by atoms with Gasteiger partial charge in [0.15, 0.2) is 0 Å². The quantitative estimate of drug-likeness (QED) is 0.778. The molecular formula is C11H14FNS. The van der Waals surface area contributed by atoms with E-state index in [0.717, 1.165) is 5.56 Å². The van der Waals surface area contributed by atoms with Crippen molar-refractivity contribution in [2.45, 2.75) is 26.2 Å². The molecule has 76 valence electrons. The van der Waals surface area contributed by atoms with Gasteiger partial charge in [-0.3, -0.25) is 0 Å². The van der Waals surface area contributed by atoms with Crippen molar-refractivity contribution < 1.29 is 4.39 Å². The lowest BCUT2D eigenvalue weighted by atomic mass is 9.96. The highest BCUT2D eigenvalue weighted by Gasteiger charge is 2.11. The zero-order valence-electron chi connectivity index (χ0n) is 8.38. The van der Waals surface area contributed by atoms with Crippen LogP contribution in [0.3, 0.4) is 0 Å². The van der Waals surface area contributed by atoms with Crippen LogP contribution in [-0.2, 0) is 0 Å². The second-order valence-corrected chi connectivity index (χ2v) is 4.12. The van der Waals surface area contributed by atoms with E-state index in [9.17, 15) is 4.39 Å². The van der Waals surface area contributed by atoms with Gasteiger partial charge >= 0.3 is 0 Å². The average molecular weight is 211 g/mol. The second-order valence-electron chi connectivity index (χ2n) is 3.60. The predicted octanol–water partition coefficient (Wildman–Crippen LogP) is 2.91. The van der Waals surface area contributed by atoms with Crippen LogP contribution in [-0.4, -0.2) is 4.99 Å². The van der Waals surface area contributed by atoms with Crippen LogP contribution in [0, 0.1) is 12.7 Å². The molecule has 1 atom stereocenters. The van der Waals surface area contributed by atoms with Crippen LogP contribution in [0.5, 0.6) is 0 Å². The minimum absolute atomic E-state index is 0.0492. The summed E-state index contributed by atoms with van der Waals surface area (Å²) >= 11 is 4.80. The lowest BCUT2D eigenvalue weighted by Crippen LogP contribution is -2.12. The maximum absolute atomic E-state index is 13.5. The number of rotatable bonds is 3. The summed E-state index contributed by atoms with van der Waals surface area (Å²) in [6.45, 7) is 3.79. The summed E-state index contributed by atoms with van der Waals surface area (Å²) in [5.74, 6) is -0.123. The van der Waals surface area contributed by atoms with Crippen molar-refractivity contribution in [1.82, 2.24) is 0 Å². The number of hydrogen-bond donors (Lipinski definition) is 1. The van der Waals surface area contributed by atoms with E-state index in [1.165, 1.54) is 6.07 Å². The molecule has 0 radical (unpaired) electrons. The molecule has 0 fully saturated rings.